The van der Waals surface area contributed by atoms with Crippen LogP contribution in [0.25, 0.3) is 0 Å². The molecule has 0 spiro atoms. The van der Waals surface area contributed by atoms with Gasteiger partial charge in [0.2, 0.25) is 0 Å². The van der Waals surface area contributed by atoms with Crippen molar-refractivity contribution in [3.05, 3.63) is 24.3 Å². The van der Waals surface area contributed by atoms with Crippen molar-refractivity contribution in [2.24, 2.45) is 5.73 Å². The summed E-state index contributed by atoms with van der Waals surface area (Å²) in [7, 11) is 1.81. The molecule has 0 aliphatic carbocycles. The van der Waals surface area contributed by atoms with Crippen molar-refractivity contribution >= 4 is 28.7 Å². The molecule has 0 unspecified atom stereocenters. The standard InChI is InChI=1S/C8H11N3S/c1-11(8(10)12)7-4-2-6(9)3-5-7/h2-5H,9H2,1H3,(H2,10,12). The highest BCUT2D eigenvalue weighted by Gasteiger charge is 2.00. The van der Waals surface area contributed by atoms with E-state index in [0.717, 1.165) is 11.4 Å². The third-order valence-electron chi connectivity index (χ3n) is 1.61. The molecule has 3 nitrogen and oxygen atoms in total. The highest BCUT2D eigenvalue weighted by molar-refractivity contribution is 7.80. The topological polar surface area (TPSA) is 55.3 Å². The fourth-order valence-corrected chi connectivity index (χ4v) is 0.931. The van der Waals surface area contributed by atoms with E-state index < -0.39 is 0 Å². The molecule has 0 amide bonds. The Balaban J connectivity index is 2.89. The van der Waals surface area contributed by atoms with Crippen LogP contribution in [0, 0.1) is 0 Å². The largest absolute Gasteiger partial charge is 0.399 e. The average Bonchev–Trinajstić information content (AvgIpc) is 2.04. The number of nitrogen functional groups attached to an aromatic ring is 1. The van der Waals surface area contributed by atoms with Gasteiger partial charge in [0, 0.05) is 18.4 Å². The van der Waals surface area contributed by atoms with Crippen LogP contribution in [-0.2, 0) is 0 Å². The summed E-state index contributed by atoms with van der Waals surface area (Å²) >= 11 is 4.81. The van der Waals surface area contributed by atoms with E-state index in [2.05, 4.69) is 0 Å². The Hall–Kier alpha value is -1.29. The van der Waals surface area contributed by atoms with Gasteiger partial charge >= 0.3 is 0 Å². The molecule has 0 aliphatic rings. The fraction of sp³-hybridized carbons (Fsp3) is 0.125. The first-order valence-electron chi connectivity index (χ1n) is 3.50. The number of anilines is 2. The summed E-state index contributed by atoms with van der Waals surface area (Å²) in [6, 6.07) is 7.36. The van der Waals surface area contributed by atoms with E-state index in [9.17, 15) is 0 Å². The van der Waals surface area contributed by atoms with Crippen LogP contribution in [0.5, 0.6) is 0 Å². The highest BCUT2D eigenvalue weighted by Crippen LogP contribution is 2.13. The SMILES string of the molecule is CN(C(N)=S)c1ccc(N)cc1. The zero-order valence-corrected chi connectivity index (χ0v) is 7.64. The Bertz CT molecular complexity index is 281. The molecule has 1 rings (SSSR count). The van der Waals surface area contributed by atoms with Crippen LogP contribution in [0.15, 0.2) is 24.3 Å². The monoisotopic (exact) mass is 181 g/mol. The number of nitrogens with zero attached hydrogens (tertiary/aromatic N) is 1. The maximum atomic E-state index is 5.52. The third-order valence-corrected chi connectivity index (χ3v) is 1.88. The molecule has 0 saturated carbocycles. The Kier molecular flexibility index (Phi) is 2.50. The van der Waals surface area contributed by atoms with Gasteiger partial charge in [-0.25, -0.2) is 0 Å². The van der Waals surface area contributed by atoms with Gasteiger partial charge in [-0.2, -0.15) is 0 Å². The van der Waals surface area contributed by atoms with Gasteiger partial charge in [-0.05, 0) is 36.5 Å². The lowest BCUT2D eigenvalue weighted by atomic mass is 10.3. The Labute approximate surface area is 77.0 Å². The first-order chi connectivity index (χ1) is 5.61. The molecule has 0 fully saturated rings. The molecule has 0 saturated heterocycles. The van der Waals surface area contributed by atoms with E-state index in [4.69, 9.17) is 23.7 Å². The van der Waals surface area contributed by atoms with Crippen molar-refractivity contribution in [1.82, 2.24) is 0 Å². The first kappa shape index (κ1) is 8.80. The van der Waals surface area contributed by atoms with Gasteiger partial charge in [-0.1, -0.05) is 0 Å². The summed E-state index contributed by atoms with van der Waals surface area (Å²) in [5.74, 6) is 0. The fourth-order valence-electron chi connectivity index (χ4n) is 0.825. The second kappa shape index (κ2) is 3.40. The highest BCUT2D eigenvalue weighted by atomic mass is 32.1. The van der Waals surface area contributed by atoms with Crippen molar-refractivity contribution in [2.45, 2.75) is 0 Å². The number of hydrogen-bond donors (Lipinski definition) is 2. The molecule has 0 aromatic heterocycles. The third kappa shape index (κ3) is 1.85. The van der Waals surface area contributed by atoms with E-state index in [1.807, 2.05) is 31.3 Å². The van der Waals surface area contributed by atoms with Crippen LogP contribution >= 0.6 is 12.2 Å². The summed E-state index contributed by atoms with van der Waals surface area (Å²) in [6.45, 7) is 0. The van der Waals surface area contributed by atoms with Gasteiger partial charge in [-0.15, -0.1) is 0 Å². The lowest BCUT2D eigenvalue weighted by molar-refractivity contribution is 1.27. The summed E-state index contributed by atoms with van der Waals surface area (Å²) < 4.78 is 0. The Morgan fingerprint density at radius 3 is 2.25 bits per heavy atom. The summed E-state index contributed by atoms with van der Waals surface area (Å²) in [5.41, 5.74) is 12.6. The van der Waals surface area contributed by atoms with Crippen molar-refractivity contribution in [1.29, 1.82) is 0 Å². The summed E-state index contributed by atoms with van der Waals surface area (Å²) in [5, 5.41) is 0.347. The molecule has 1 aromatic rings. The second-order valence-electron chi connectivity index (χ2n) is 2.49. The van der Waals surface area contributed by atoms with Gasteiger partial charge < -0.3 is 16.4 Å². The van der Waals surface area contributed by atoms with E-state index in [-0.39, 0.29) is 0 Å². The van der Waals surface area contributed by atoms with Crippen LogP contribution in [0.4, 0.5) is 11.4 Å². The second-order valence-corrected chi connectivity index (χ2v) is 2.91. The maximum Gasteiger partial charge on any atom is 0.170 e. The van der Waals surface area contributed by atoms with Gasteiger partial charge in [0.25, 0.3) is 0 Å². The van der Waals surface area contributed by atoms with Gasteiger partial charge in [-0.3, -0.25) is 0 Å². The number of thiocarbonyl (C=S) groups is 1. The normalized spacial score (nSPS) is 9.42. The van der Waals surface area contributed by atoms with Crippen LogP contribution in [0.3, 0.4) is 0 Å². The summed E-state index contributed by atoms with van der Waals surface area (Å²) in [4.78, 5) is 1.72. The quantitative estimate of drug-likeness (QED) is 0.500. The molecule has 4 N–H and O–H groups in total. The molecule has 0 radical (unpaired) electrons. The van der Waals surface area contributed by atoms with Crippen LogP contribution in [0.1, 0.15) is 0 Å². The molecule has 4 heteroatoms. The molecular weight excluding hydrogens is 170 g/mol. The predicted octanol–water partition coefficient (Wildman–Crippen LogP) is 0.949. The summed E-state index contributed by atoms with van der Waals surface area (Å²) in [6.07, 6.45) is 0. The minimum atomic E-state index is 0.347. The predicted molar refractivity (Wildman–Crippen MR) is 56.0 cm³/mol. The molecule has 12 heavy (non-hydrogen) atoms. The van der Waals surface area contributed by atoms with Crippen LogP contribution in [0.2, 0.25) is 0 Å². The number of benzene rings is 1. The lowest BCUT2D eigenvalue weighted by Gasteiger charge is -2.16. The average molecular weight is 181 g/mol. The minimum absolute atomic E-state index is 0.347. The lowest BCUT2D eigenvalue weighted by Crippen LogP contribution is -2.31. The number of nitrogens with two attached hydrogens (primary N) is 2. The molecule has 1 aromatic carbocycles. The molecule has 0 bridgehead atoms. The van der Waals surface area contributed by atoms with Crippen LogP contribution < -0.4 is 16.4 Å². The molecule has 0 atom stereocenters. The first-order valence-corrected chi connectivity index (χ1v) is 3.91. The van der Waals surface area contributed by atoms with Gasteiger partial charge in [0.1, 0.15) is 0 Å². The van der Waals surface area contributed by atoms with Crippen LogP contribution in [-0.4, -0.2) is 12.2 Å². The number of rotatable bonds is 1. The number of hydrogen-bond acceptors (Lipinski definition) is 2. The minimum Gasteiger partial charge on any atom is -0.399 e. The Morgan fingerprint density at radius 1 is 1.33 bits per heavy atom. The molecular formula is C8H11N3S. The van der Waals surface area contributed by atoms with Gasteiger partial charge in [0.05, 0.1) is 0 Å². The van der Waals surface area contributed by atoms with Crippen molar-refractivity contribution < 1.29 is 0 Å². The zero-order valence-electron chi connectivity index (χ0n) is 6.82. The molecule has 0 aliphatic heterocycles. The molecule has 64 valence electrons. The Morgan fingerprint density at radius 2 is 1.83 bits per heavy atom. The van der Waals surface area contributed by atoms with E-state index in [1.54, 1.807) is 4.90 Å². The smallest absolute Gasteiger partial charge is 0.170 e. The van der Waals surface area contributed by atoms with Crippen molar-refractivity contribution in [2.75, 3.05) is 17.7 Å². The maximum absolute atomic E-state index is 5.52. The van der Waals surface area contributed by atoms with E-state index >= 15 is 0 Å². The van der Waals surface area contributed by atoms with Gasteiger partial charge in [0.15, 0.2) is 5.11 Å². The van der Waals surface area contributed by atoms with Crippen molar-refractivity contribution in [3.63, 3.8) is 0 Å². The van der Waals surface area contributed by atoms with E-state index in [1.165, 1.54) is 0 Å². The van der Waals surface area contributed by atoms with E-state index in [0.29, 0.717) is 5.11 Å². The zero-order chi connectivity index (χ0) is 9.14. The van der Waals surface area contributed by atoms with Crippen molar-refractivity contribution in [3.8, 4) is 0 Å². The molecule has 0 heterocycles.